The van der Waals surface area contributed by atoms with Crippen LogP contribution in [-0.2, 0) is 13.9 Å². The fraction of sp³-hybridized carbons (Fsp3) is 0.212. The lowest BCUT2D eigenvalue weighted by Gasteiger charge is -2.22. The highest BCUT2D eigenvalue weighted by molar-refractivity contribution is 7.39. The van der Waals surface area contributed by atoms with E-state index >= 15 is 0 Å². The van der Waals surface area contributed by atoms with Crippen LogP contribution in [0.25, 0.3) is 33.5 Å². The Kier molecular flexibility index (Phi) is 10.1. The third kappa shape index (κ3) is 7.71. The summed E-state index contributed by atoms with van der Waals surface area (Å²) >= 11 is 0. The molecule has 41 heavy (non-hydrogen) atoms. The van der Waals surface area contributed by atoms with Crippen molar-refractivity contribution < 1.29 is 28.5 Å². The number of pyridine rings is 1. The van der Waals surface area contributed by atoms with E-state index in [9.17, 15) is 18.9 Å². The second kappa shape index (κ2) is 13.9. The summed E-state index contributed by atoms with van der Waals surface area (Å²) in [6.45, 7) is 3.85. The first-order valence-corrected chi connectivity index (χ1v) is 14.5. The van der Waals surface area contributed by atoms with Crippen LogP contribution in [0.1, 0.15) is 37.4 Å². The molecule has 0 amide bonds. The lowest BCUT2D eigenvalue weighted by Crippen LogP contribution is -2.15. The predicted octanol–water partition coefficient (Wildman–Crippen LogP) is 7.29. The van der Waals surface area contributed by atoms with Gasteiger partial charge in [-0.1, -0.05) is 98.5 Å². The Balaban J connectivity index is 1.88. The zero-order valence-electron chi connectivity index (χ0n) is 22.8. The summed E-state index contributed by atoms with van der Waals surface area (Å²) < 4.78 is 31.6. The number of benzene rings is 3. The van der Waals surface area contributed by atoms with Crippen molar-refractivity contribution in [2.45, 2.75) is 32.3 Å². The second-order valence-electron chi connectivity index (χ2n) is 9.71. The number of aliphatic hydroxyl groups excluding tert-OH is 1. The van der Waals surface area contributed by atoms with Gasteiger partial charge in [-0.3, -0.25) is 9.78 Å². The summed E-state index contributed by atoms with van der Waals surface area (Å²) in [4.78, 5) is 15.9. The standard InChI is InChI=1S/C33H29FNO5P/c1-22(2)32-28(14-9-19-40-41(39)21-27(36)20-29(37)38)30(24-15-17-26(34)18-16-24)31(23-10-5-3-6-11-23)33(35-32)25-12-7-4-8-13-25/h3-8,10-13,15-18,22,27,36H,19-21H2,1-2H3/p+1. The molecule has 0 spiro atoms. The Labute approximate surface area is 239 Å². The van der Waals surface area contributed by atoms with Crippen molar-refractivity contribution in [3.05, 3.63) is 102 Å². The lowest BCUT2D eigenvalue weighted by atomic mass is 9.85. The van der Waals surface area contributed by atoms with Crippen LogP contribution in [0.4, 0.5) is 4.39 Å². The maximum absolute atomic E-state index is 14.0. The third-order valence-electron chi connectivity index (χ3n) is 6.28. The van der Waals surface area contributed by atoms with Crippen molar-refractivity contribution in [2.75, 3.05) is 12.8 Å². The van der Waals surface area contributed by atoms with Crippen molar-refractivity contribution in [1.29, 1.82) is 0 Å². The van der Waals surface area contributed by atoms with Gasteiger partial charge in [0.25, 0.3) is 0 Å². The van der Waals surface area contributed by atoms with Gasteiger partial charge in [0.05, 0.1) is 23.4 Å². The SMILES string of the molecule is CC(C)c1nc(-c2ccccc2)c(-c2ccccc2)c(-c2ccc(F)cc2)c1C#CCO[P+](=O)CC(O)CC(=O)O. The minimum absolute atomic E-state index is 0.0190. The van der Waals surface area contributed by atoms with Crippen molar-refractivity contribution in [3.63, 3.8) is 0 Å². The van der Waals surface area contributed by atoms with Gasteiger partial charge in [-0.25, -0.2) is 4.39 Å². The summed E-state index contributed by atoms with van der Waals surface area (Å²) in [6, 6.07) is 26.0. The fourth-order valence-electron chi connectivity index (χ4n) is 4.46. The highest BCUT2D eigenvalue weighted by Crippen LogP contribution is 2.43. The second-order valence-corrected chi connectivity index (χ2v) is 11.0. The molecule has 0 aliphatic carbocycles. The molecule has 0 aliphatic heterocycles. The van der Waals surface area contributed by atoms with Gasteiger partial charge in [-0.05, 0) is 33.7 Å². The highest BCUT2D eigenvalue weighted by atomic mass is 31.1. The van der Waals surface area contributed by atoms with Gasteiger partial charge in [-0.15, -0.1) is 4.52 Å². The van der Waals surface area contributed by atoms with Crippen LogP contribution in [0.5, 0.6) is 0 Å². The van der Waals surface area contributed by atoms with E-state index in [4.69, 9.17) is 14.6 Å². The first-order chi connectivity index (χ1) is 19.7. The molecular weight excluding hydrogens is 540 g/mol. The van der Waals surface area contributed by atoms with Crippen molar-refractivity contribution in [1.82, 2.24) is 4.98 Å². The largest absolute Gasteiger partial charge is 0.511 e. The predicted molar refractivity (Wildman–Crippen MR) is 158 cm³/mol. The number of hydrogen-bond acceptors (Lipinski definition) is 5. The van der Waals surface area contributed by atoms with Gasteiger partial charge in [0.1, 0.15) is 11.9 Å². The Hall–Kier alpha value is -4.21. The number of carboxylic acids is 1. The first kappa shape index (κ1) is 29.8. The molecule has 208 valence electrons. The molecule has 6 nitrogen and oxygen atoms in total. The summed E-state index contributed by atoms with van der Waals surface area (Å²) in [5, 5.41) is 18.5. The Morgan fingerprint density at radius 2 is 1.51 bits per heavy atom. The molecule has 0 fully saturated rings. The average Bonchev–Trinajstić information content (AvgIpc) is 2.95. The molecule has 1 aromatic heterocycles. The topological polar surface area (TPSA) is 96.7 Å². The molecule has 0 aliphatic rings. The number of halogens is 1. The number of rotatable bonds is 10. The molecule has 1 heterocycles. The number of aliphatic hydroxyl groups is 1. The molecule has 2 atom stereocenters. The van der Waals surface area contributed by atoms with Crippen molar-refractivity contribution in [3.8, 4) is 45.4 Å². The maximum Gasteiger partial charge on any atom is 0.511 e. The van der Waals surface area contributed by atoms with Crippen LogP contribution in [0, 0.1) is 17.7 Å². The molecule has 0 saturated carbocycles. The zero-order valence-corrected chi connectivity index (χ0v) is 23.6. The maximum atomic E-state index is 14.0. The fourth-order valence-corrected chi connectivity index (χ4v) is 5.25. The molecule has 2 unspecified atom stereocenters. The van der Waals surface area contributed by atoms with Crippen LogP contribution in [0.15, 0.2) is 84.9 Å². The number of carboxylic acid groups (broad SMARTS) is 1. The number of nitrogens with zero attached hydrogens (tertiary/aromatic N) is 1. The smallest absolute Gasteiger partial charge is 0.481 e. The van der Waals surface area contributed by atoms with E-state index in [2.05, 4.69) is 11.8 Å². The molecular formula is C33H30FNO5P+. The first-order valence-electron chi connectivity index (χ1n) is 13.2. The Morgan fingerprint density at radius 3 is 2.10 bits per heavy atom. The van der Waals surface area contributed by atoms with Gasteiger partial charge in [-0.2, -0.15) is 0 Å². The summed E-state index contributed by atoms with van der Waals surface area (Å²) in [5.41, 5.74) is 6.42. The van der Waals surface area contributed by atoms with Gasteiger partial charge in [0, 0.05) is 16.7 Å². The molecule has 0 bridgehead atoms. The minimum Gasteiger partial charge on any atom is -0.481 e. The van der Waals surface area contributed by atoms with E-state index in [0.717, 1.165) is 39.2 Å². The quantitative estimate of drug-likeness (QED) is 0.154. The average molecular weight is 571 g/mol. The Bertz CT molecular complexity index is 1580. The molecule has 3 aromatic carbocycles. The monoisotopic (exact) mass is 570 g/mol. The lowest BCUT2D eigenvalue weighted by molar-refractivity contribution is -0.138. The summed E-state index contributed by atoms with van der Waals surface area (Å²) in [5.74, 6) is 4.56. The zero-order chi connectivity index (χ0) is 29.4. The van der Waals surface area contributed by atoms with E-state index < -0.39 is 26.5 Å². The van der Waals surface area contributed by atoms with Gasteiger partial charge in [0.2, 0.25) is 6.16 Å². The number of aliphatic carboxylic acids is 1. The normalized spacial score (nSPS) is 12.0. The number of hydrogen-bond donors (Lipinski definition) is 2. The Morgan fingerprint density at radius 1 is 0.927 bits per heavy atom. The summed E-state index contributed by atoms with van der Waals surface area (Å²) in [6.07, 6.45) is -2.09. The van der Waals surface area contributed by atoms with E-state index in [-0.39, 0.29) is 24.5 Å². The highest BCUT2D eigenvalue weighted by Gasteiger charge is 2.26. The third-order valence-corrected chi connectivity index (χ3v) is 7.42. The van der Waals surface area contributed by atoms with Crippen LogP contribution in [-0.4, -0.2) is 40.0 Å². The van der Waals surface area contributed by atoms with Crippen LogP contribution in [0.3, 0.4) is 0 Å². The molecule has 4 aromatic rings. The van der Waals surface area contributed by atoms with E-state index in [1.807, 2.05) is 74.5 Å². The van der Waals surface area contributed by atoms with Crippen LogP contribution < -0.4 is 0 Å². The van der Waals surface area contributed by atoms with Crippen molar-refractivity contribution in [2.24, 2.45) is 0 Å². The number of carbonyl (C=O) groups is 1. The van der Waals surface area contributed by atoms with Gasteiger partial charge >= 0.3 is 14.0 Å². The van der Waals surface area contributed by atoms with Crippen LogP contribution in [0.2, 0.25) is 0 Å². The van der Waals surface area contributed by atoms with Gasteiger partial charge < -0.3 is 10.2 Å². The van der Waals surface area contributed by atoms with Gasteiger partial charge in [0.15, 0.2) is 6.61 Å². The molecule has 0 saturated heterocycles. The minimum atomic E-state index is -2.31. The molecule has 0 radical (unpaired) electrons. The van der Waals surface area contributed by atoms with Crippen LogP contribution >= 0.6 is 8.03 Å². The van der Waals surface area contributed by atoms with E-state index in [1.54, 1.807) is 12.1 Å². The molecule has 8 heteroatoms. The summed E-state index contributed by atoms with van der Waals surface area (Å²) in [7, 11) is -2.31. The van der Waals surface area contributed by atoms with Crippen molar-refractivity contribution >= 4 is 14.0 Å². The van der Waals surface area contributed by atoms with E-state index in [0.29, 0.717) is 5.56 Å². The van der Waals surface area contributed by atoms with E-state index in [1.165, 1.54) is 12.1 Å². The molecule has 2 N–H and O–H groups in total. The molecule has 4 rings (SSSR count). The number of aromatic nitrogens is 1.